The van der Waals surface area contributed by atoms with Gasteiger partial charge in [0.2, 0.25) is 0 Å². The van der Waals surface area contributed by atoms with Crippen molar-refractivity contribution in [2.24, 2.45) is 0 Å². The van der Waals surface area contributed by atoms with Crippen LogP contribution in [0.15, 0.2) is 48.7 Å². The van der Waals surface area contributed by atoms with Crippen LogP contribution in [0.2, 0.25) is 0 Å². The molecule has 0 radical (unpaired) electrons. The molecule has 0 saturated carbocycles. The zero-order valence-corrected chi connectivity index (χ0v) is 13.7. The van der Waals surface area contributed by atoms with Gasteiger partial charge in [0, 0.05) is 23.7 Å². The van der Waals surface area contributed by atoms with Crippen molar-refractivity contribution >= 4 is 10.9 Å². The number of rotatable bonds is 6. The Morgan fingerprint density at radius 2 is 1.83 bits per heavy atom. The van der Waals surface area contributed by atoms with Gasteiger partial charge < -0.3 is 18.8 Å². The average molecular weight is 311 g/mol. The second-order valence-corrected chi connectivity index (χ2v) is 5.44. The SMILES string of the molecule is COc1cc(OC)c2ccn(CCOc3cccc(C)c3)c2c1. The third-order valence-corrected chi connectivity index (χ3v) is 3.87. The number of fused-ring (bicyclic) bond motifs is 1. The number of hydrogen-bond acceptors (Lipinski definition) is 3. The second kappa shape index (κ2) is 6.65. The smallest absolute Gasteiger partial charge is 0.131 e. The molecule has 1 aromatic heterocycles. The Hall–Kier alpha value is -2.62. The van der Waals surface area contributed by atoms with E-state index < -0.39 is 0 Å². The highest BCUT2D eigenvalue weighted by Gasteiger charge is 2.09. The monoisotopic (exact) mass is 311 g/mol. The van der Waals surface area contributed by atoms with Crippen LogP contribution < -0.4 is 14.2 Å². The summed E-state index contributed by atoms with van der Waals surface area (Å²) in [6.45, 7) is 3.42. The summed E-state index contributed by atoms with van der Waals surface area (Å²) in [5.41, 5.74) is 2.28. The van der Waals surface area contributed by atoms with Gasteiger partial charge in [-0.2, -0.15) is 0 Å². The molecule has 4 heteroatoms. The molecule has 3 rings (SSSR count). The summed E-state index contributed by atoms with van der Waals surface area (Å²) in [6, 6.07) is 14.1. The minimum absolute atomic E-state index is 0.604. The number of ether oxygens (including phenoxy) is 3. The van der Waals surface area contributed by atoms with Crippen LogP contribution in [-0.2, 0) is 6.54 Å². The molecule has 0 N–H and O–H groups in total. The van der Waals surface area contributed by atoms with Gasteiger partial charge in [-0.05, 0) is 30.7 Å². The van der Waals surface area contributed by atoms with Crippen LogP contribution in [0.4, 0.5) is 0 Å². The molecule has 0 bridgehead atoms. The second-order valence-electron chi connectivity index (χ2n) is 5.44. The zero-order chi connectivity index (χ0) is 16.2. The molecule has 0 amide bonds. The fourth-order valence-electron chi connectivity index (χ4n) is 2.69. The summed E-state index contributed by atoms with van der Waals surface area (Å²) < 4.78 is 18.8. The number of hydrogen-bond donors (Lipinski definition) is 0. The predicted octanol–water partition coefficient (Wildman–Crippen LogP) is 4.05. The molecule has 0 atom stereocenters. The minimum atomic E-state index is 0.604. The summed E-state index contributed by atoms with van der Waals surface area (Å²) in [6.07, 6.45) is 2.05. The Morgan fingerprint density at radius 1 is 0.957 bits per heavy atom. The van der Waals surface area contributed by atoms with Crippen molar-refractivity contribution in [1.82, 2.24) is 4.57 Å². The first-order chi connectivity index (χ1) is 11.2. The first kappa shape index (κ1) is 15.3. The van der Waals surface area contributed by atoms with E-state index in [0.717, 1.165) is 34.7 Å². The molecule has 3 aromatic rings. The van der Waals surface area contributed by atoms with E-state index in [1.54, 1.807) is 14.2 Å². The van der Waals surface area contributed by atoms with E-state index in [4.69, 9.17) is 14.2 Å². The normalized spacial score (nSPS) is 10.7. The lowest BCUT2D eigenvalue weighted by atomic mass is 10.2. The van der Waals surface area contributed by atoms with Crippen LogP contribution in [0.3, 0.4) is 0 Å². The summed E-state index contributed by atoms with van der Waals surface area (Å²) >= 11 is 0. The highest BCUT2D eigenvalue weighted by Crippen LogP contribution is 2.31. The van der Waals surface area contributed by atoms with Crippen molar-refractivity contribution in [2.45, 2.75) is 13.5 Å². The standard InChI is InChI=1S/C19H21NO3/c1-14-5-4-6-15(11-14)23-10-9-20-8-7-17-18(20)12-16(21-2)13-19(17)22-3/h4-8,11-13H,9-10H2,1-3H3. The Labute approximate surface area is 136 Å². The summed E-state index contributed by atoms with van der Waals surface area (Å²) in [4.78, 5) is 0. The maximum Gasteiger partial charge on any atom is 0.131 e. The number of benzene rings is 2. The molecule has 0 saturated heterocycles. The van der Waals surface area contributed by atoms with E-state index >= 15 is 0 Å². The van der Waals surface area contributed by atoms with Gasteiger partial charge in [0.15, 0.2) is 0 Å². The van der Waals surface area contributed by atoms with Crippen LogP contribution in [-0.4, -0.2) is 25.4 Å². The van der Waals surface area contributed by atoms with Crippen molar-refractivity contribution in [3.05, 3.63) is 54.2 Å². The van der Waals surface area contributed by atoms with E-state index in [-0.39, 0.29) is 0 Å². The van der Waals surface area contributed by atoms with Gasteiger partial charge in [-0.25, -0.2) is 0 Å². The van der Waals surface area contributed by atoms with Gasteiger partial charge >= 0.3 is 0 Å². The van der Waals surface area contributed by atoms with Crippen LogP contribution in [0.25, 0.3) is 10.9 Å². The molecule has 0 spiro atoms. The van der Waals surface area contributed by atoms with Gasteiger partial charge in [0.1, 0.15) is 23.9 Å². The third kappa shape index (κ3) is 3.26. The summed E-state index contributed by atoms with van der Waals surface area (Å²) in [7, 11) is 3.33. The van der Waals surface area contributed by atoms with E-state index in [1.165, 1.54) is 5.56 Å². The van der Waals surface area contributed by atoms with E-state index in [1.807, 2.05) is 36.5 Å². The third-order valence-electron chi connectivity index (χ3n) is 3.87. The summed E-state index contributed by atoms with van der Waals surface area (Å²) in [5.74, 6) is 2.50. The predicted molar refractivity (Wildman–Crippen MR) is 91.7 cm³/mol. The molecule has 4 nitrogen and oxygen atoms in total. The first-order valence-electron chi connectivity index (χ1n) is 7.61. The van der Waals surface area contributed by atoms with Crippen molar-refractivity contribution in [3.63, 3.8) is 0 Å². The van der Waals surface area contributed by atoms with Crippen LogP contribution >= 0.6 is 0 Å². The quantitative estimate of drug-likeness (QED) is 0.688. The van der Waals surface area contributed by atoms with Gasteiger partial charge in [0.05, 0.1) is 26.3 Å². The largest absolute Gasteiger partial charge is 0.497 e. The molecule has 0 unspecified atom stereocenters. The molecule has 23 heavy (non-hydrogen) atoms. The maximum absolute atomic E-state index is 5.84. The molecule has 0 aliphatic rings. The zero-order valence-electron chi connectivity index (χ0n) is 13.7. The lowest BCUT2D eigenvalue weighted by Crippen LogP contribution is -2.07. The van der Waals surface area contributed by atoms with Gasteiger partial charge in [-0.15, -0.1) is 0 Å². The first-order valence-corrected chi connectivity index (χ1v) is 7.61. The summed E-state index contributed by atoms with van der Waals surface area (Å²) in [5, 5.41) is 1.07. The fraction of sp³-hybridized carbons (Fsp3) is 0.263. The number of nitrogens with zero attached hydrogens (tertiary/aromatic N) is 1. The van der Waals surface area contributed by atoms with Crippen molar-refractivity contribution in [2.75, 3.05) is 20.8 Å². The molecular formula is C19H21NO3. The molecule has 1 heterocycles. The lowest BCUT2D eigenvalue weighted by molar-refractivity contribution is 0.300. The maximum atomic E-state index is 5.84. The highest BCUT2D eigenvalue weighted by molar-refractivity contribution is 5.88. The van der Waals surface area contributed by atoms with Gasteiger partial charge in [-0.3, -0.25) is 0 Å². The van der Waals surface area contributed by atoms with Gasteiger partial charge in [0.25, 0.3) is 0 Å². The van der Waals surface area contributed by atoms with Crippen LogP contribution in [0.5, 0.6) is 17.2 Å². The molecule has 0 aliphatic carbocycles. The highest BCUT2D eigenvalue weighted by atomic mass is 16.5. The Kier molecular flexibility index (Phi) is 4.42. The molecule has 2 aromatic carbocycles. The molecule has 0 fully saturated rings. The molecular weight excluding hydrogens is 290 g/mol. The van der Waals surface area contributed by atoms with Crippen molar-refractivity contribution in [1.29, 1.82) is 0 Å². The fourth-order valence-corrected chi connectivity index (χ4v) is 2.69. The van der Waals surface area contributed by atoms with Crippen molar-refractivity contribution in [3.8, 4) is 17.2 Å². The van der Waals surface area contributed by atoms with E-state index in [9.17, 15) is 0 Å². The van der Waals surface area contributed by atoms with Crippen LogP contribution in [0, 0.1) is 6.92 Å². The van der Waals surface area contributed by atoms with Gasteiger partial charge in [-0.1, -0.05) is 12.1 Å². The Balaban J connectivity index is 1.77. The molecule has 120 valence electrons. The Bertz CT molecular complexity index is 807. The van der Waals surface area contributed by atoms with E-state index in [0.29, 0.717) is 6.61 Å². The molecule has 0 aliphatic heterocycles. The lowest BCUT2D eigenvalue weighted by Gasteiger charge is -2.11. The van der Waals surface area contributed by atoms with E-state index in [2.05, 4.69) is 23.6 Å². The number of methoxy groups -OCH3 is 2. The topological polar surface area (TPSA) is 32.6 Å². The number of aryl methyl sites for hydroxylation is 1. The minimum Gasteiger partial charge on any atom is -0.497 e. The van der Waals surface area contributed by atoms with Crippen LogP contribution in [0.1, 0.15) is 5.56 Å². The average Bonchev–Trinajstić information content (AvgIpc) is 2.97. The Morgan fingerprint density at radius 3 is 2.57 bits per heavy atom. The van der Waals surface area contributed by atoms with Crippen molar-refractivity contribution < 1.29 is 14.2 Å². The number of aromatic nitrogens is 1.